The van der Waals surface area contributed by atoms with Crippen molar-refractivity contribution >= 4 is 29.2 Å². The van der Waals surface area contributed by atoms with E-state index in [1.807, 2.05) is 19.0 Å². The van der Waals surface area contributed by atoms with Crippen LogP contribution in [0.25, 0.3) is 5.69 Å². The van der Waals surface area contributed by atoms with E-state index in [0.717, 1.165) is 17.0 Å². The normalized spacial score (nSPS) is 12.9. The van der Waals surface area contributed by atoms with Crippen molar-refractivity contribution in [1.29, 1.82) is 0 Å². The van der Waals surface area contributed by atoms with Gasteiger partial charge < -0.3 is 4.90 Å². The molecule has 0 unspecified atom stereocenters. The Balaban J connectivity index is 1.69. The van der Waals surface area contributed by atoms with Crippen molar-refractivity contribution < 1.29 is 23.2 Å². The number of aromatic nitrogens is 2. The average Bonchev–Trinajstić information content (AvgIpc) is 3.31. The van der Waals surface area contributed by atoms with Crippen molar-refractivity contribution in [3.8, 4) is 5.69 Å². The third-order valence-corrected chi connectivity index (χ3v) is 6.76. The SMILES string of the molecule is Cc1nc(CN(C)C)n(-c2ccc(Cl)cc2C(=O)c2c(F)cccc2F)c1CN1C(=O)c2ccccc2C1=O. The molecule has 198 valence electrons. The summed E-state index contributed by atoms with van der Waals surface area (Å²) in [7, 11) is 3.67. The number of ketones is 1. The number of hydrogen-bond acceptors (Lipinski definition) is 5. The lowest BCUT2D eigenvalue weighted by molar-refractivity contribution is 0.0639. The molecule has 0 saturated heterocycles. The van der Waals surface area contributed by atoms with Crippen molar-refractivity contribution in [2.45, 2.75) is 20.0 Å². The van der Waals surface area contributed by atoms with Crippen molar-refractivity contribution in [2.75, 3.05) is 14.1 Å². The second-order valence-electron chi connectivity index (χ2n) is 9.46. The summed E-state index contributed by atoms with van der Waals surface area (Å²) in [5, 5.41) is 0.187. The van der Waals surface area contributed by atoms with E-state index in [0.29, 0.717) is 34.9 Å². The maximum atomic E-state index is 14.6. The van der Waals surface area contributed by atoms with Gasteiger partial charge in [-0.15, -0.1) is 0 Å². The Labute approximate surface area is 228 Å². The summed E-state index contributed by atoms with van der Waals surface area (Å²) in [6, 6.07) is 14.2. The van der Waals surface area contributed by atoms with Crippen LogP contribution in [0.3, 0.4) is 0 Å². The van der Waals surface area contributed by atoms with E-state index in [2.05, 4.69) is 4.98 Å². The Kier molecular flexibility index (Phi) is 6.88. The van der Waals surface area contributed by atoms with Gasteiger partial charge in [0, 0.05) is 10.6 Å². The van der Waals surface area contributed by atoms with Gasteiger partial charge in [-0.25, -0.2) is 13.8 Å². The third kappa shape index (κ3) is 4.64. The molecule has 10 heteroatoms. The maximum Gasteiger partial charge on any atom is 0.261 e. The molecule has 0 radical (unpaired) electrons. The van der Waals surface area contributed by atoms with E-state index < -0.39 is 34.8 Å². The molecule has 0 fully saturated rings. The Hall–Kier alpha value is -4.21. The van der Waals surface area contributed by atoms with E-state index >= 15 is 0 Å². The van der Waals surface area contributed by atoms with Gasteiger partial charge in [0.15, 0.2) is 0 Å². The zero-order valence-corrected chi connectivity index (χ0v) is 22.1. The highest BCUT2D eigenvalue weighted by Crippen LogP contribution is 2.31. The Bertz CT molecular complexity index is 1610. The molecule has 39 heavy (non-hydrogen) atoms. The van der Waals surface area contributed by atoms with Gasteiger partial charge in [-0.1, -0.05) is 29.8 Å². The molecule has 2 amide bonds. The van der Waals surface area contributed by atoms with Crippen LogP contribution in [0.5, 0.6) is 0 Å². The van der Waals surface area contributed by atoms with Crippen molar-refractivity contribution in [3.05, 3.63) is 117 Å². The maximum absolute atomic E-state index is 14.6. The summed E-state index contributed by atoms with van der Waals surface area (Å²) in [6.45, 7) is 1.92. The molecule has 1 aromatic heterocycles. The fourth-order valence-electron chi connectivity index (χ4n) is 4.75. The lowest BCUT2D eigenvalue weighted by atomic mass is 10.00. The van der Waals surface area contributed by atoms with Crippen LogP contribution in [0.2, 0.25) is 5.02 Å². The summed E-state index contributed by atoms with van der Waals surface area (Å²) >= 11 is 6.24. The zero-order valence-electron chi connectivity index (χ0n) is 21.3. The minimum absolute atomic E-state index is 0.0625. The Morgan fingerprint density at radius 2 is 1.56 bits per heavy atom. The van der Waals surface area contributed by atoms with Crippen LogP contribution >= 0.6 is 11.6 Å². The van der Waals surface area contributed by atoms with Crippen LogP contribution in [0.1, 0.15) is 53.8 Å². The Morgan fingerprint density at radius 1 is 0.949 bits per heavy atom. The minimum atomic E-state index is -1.01. The molecule has 0 atom stereocenters. The average molecular weight is 549 g/mol. The van der Waals surface area contributed by atoms with Crippen LogP contribution < -0.4 is 0 Å². The molecule has 5 rings (SSSR count). The smallest absolute Gasteiger partial charge is 0.261 e. The van der Waals surface area contributed by atoms with Gasteiger partial charge in [0.2, 0.25) is 5.78 Å². The van der Waals surface area contributed by atoms with Gasteiger partial charge >= 0.3 is 0 Å². The first-order chi connectivity index (χ1) is 18.6. The topological polar surface area (TPSA) is 75.5 Å². The number of benzene rings is 3. The lowest BCUT2D eigenvalue weighted by Gasteiger charge is -2.21. The number of amides is 2. The first-order valence-corrected chi connectivity index (χ1v) is 12.4. The van der Waals surface area contributed by atoms with E-state index in [-0.39, 0.29) is 22.8 Å². The lowest BCUT2D eigenvalue weighted by Crippen LogP contribution is -2.30. The number of carbonyl (C=O) groups excluding carboxylic acids is 3. The second kappa shape index (κ2) is 10.2. The number of nitrogens with zero attached hydrogens (tertiary/aromatic N) is 4. The monoisotopic (exact) mass is 548 g/mol. The number of aryl methyl sites for hydroxylation is 1. The Morgan fingerprint density at radius 3 is 2.15 bits per heavy atom. The number of carbonyl (C=O) groups is 3. The number of halogens is 3. The fourth-order valence-corrected chi connectivity index (χ4v) is 4.92. The van der Waals surface area contributed by atoms with E-state index in [1.54, 1.807) is 47.9 Å². The van der Waals surface area contributed by atoms with Crippen LogP contribution in [0, 0.1) is 18.6 Å². The summed E-state index contributed by atoms with van der Waals surface area (Å²) < 4.78 is 30.9. The summed E-state index contributed by atoms with van der Waals surface area (Å²) in [5.74, 6) is -3.32. The molecule has 1 aliphatic rings. The second-order valence-corrected chi connectivity index (χ2v) is 9.90. The predicted octanol–water partition coefficient (Wildman–Crippen LogP) is 5.20. The van der Waals surface area contributed by atoms with E-state index in [4.69, 9.17) is 11.6 Å². The van der Waals surface area contributed by atoms with Gasteiger partial charge in [-0.2, -0.15) is 0 Å². The molecular weight excluding hydrogens is 526 g/mol. The first-order valence-electron chi connectivity index (χ1n) is 12.0. The summed E-state index contributed by atoms with van der Waals surface area (Å²) in [4.78, 5) is 47.5. The molecule has 0 aliphatic carbocycles. The van der Waals surface area contributed by atoms with Crippen molar-refractivity contribution in [1.82, 2.24) is 19.4 Å². The number of hydrogen-bond donors (Lipinski definition) is 0. The first kappa shape index (κ1) is 26.4. The minimum Gasteiger partial charge on any atom is -0.302 e. The van der Waals surface area contributed by atoms with E-state index in [1.165, 1.54) is 12.1 Å². The quantitative estimate of drug-likeness (QED) is 0.234. The van der Waals surface area contributed by atoms with Crippen molar-refractivity contribution in [2.24, 2.45) is 0 Å². The van der Waals surface area contributed by atoms with Crippen LogP contribution in [-0.4, -0.2) is 51.0 Å². The number of fused-ring (bicyclic) bond motifs is 1. The molecule has 0 saturated carbocycles. The fraction of sp³-hybridized carbons (Fsp3) is 0.172. The molecule has 4 aromatic rings. The number of rotatable bonds is 7. The molecule has 0 bridgehead atoms. The van der Waals surface area contributed by atoms with Gasteiger partial charge in [-0.3, -0.25) is 23.9 Å². The van der Waals surface area contributed by atoms with Crippen LogP contribution in [0.15, 0.2) is 60.7 Å². The molecule has 3 aromatic carbocycles. The van der Waals surface area contributed by atoms with Gasteiger partial charge in [0.05, 0.1) is 46.9 Å². The molecule has 7 nitrogen and oxygen atoms in total. The summed E-state index contributed by atoms with van der Waals surface area (Å²) in [6.07, 6.45) is 0. The highest BCUT2D eigenvalue weighted by molar-refractivity contribution is 6.31. The van der Waals surface area contributed by atoms with Gasteiger partial charge in [0.25, 0.3) is 11.8 Å². The number of imidazole rings is 1. The largest absolute Gasteiger partial charge is 0.302 e. The predicted molar refractivity (Wildman–Crippen MR) is 141 cm³/mol. The molecule has 0 spiro atoms. The van der Waals surface area contributed by atoms with Crippen LogP contribution in [-0.2, 0) is 13.1 Å². The third-order valence-electron chi connectivity index (χ3n) is 6.52. The molecule has 1 aliphatic heterocycles. The number of imide groups is 1. The summed E-state index contributed by atoms with van der Waals surface area (Å²) in [5.41, 5.74) is 1.08. The van der Waals surface area contributed by atoms with Crippen LogP contribution in [0.4, 0.5) is 8.78 Å². The molecule has 2 heterocycles. The molecular formula is C29H23ClF2N4O3. The van der Waals surface area contributed by atoms with E-state index in [9.17, 15) is 23.2 Å². The van der Waals surface area contributed by atoms with Gasteiger partial charge in [0.1, 0.15) is 17.5 Å². The van der Waals surface area contributed by atoms with Gasteiger partial charge in [-0.05, 0) is 63.5 Å². The highest BCUT2D eigenvalue weighted by atomic mass is 35.5. The standard InChI is InChI=1S/C29H23ClF2N4O3/c1-16-24(14-35-28(38)18-7-4-5-8-19(18)29(35)39)36(25(33-16)15-34(2)3)23-12-11-17(30)13-20(23)27(37)26-21(31)9-6-10-22(26)32/h4-13H,14-15H2,1-3H3. The highest BCUT2D eigenvalue weighted by Gasteiger charge is 2.37. The zero-order chi connectivity index (χ0) is 28.0. The van der Waals surface area contributed by atoms with Crippen molar-refractivity contribution in [3.63, 3.8) is 0 Å². The molecule has 0 N–H and O–H groups in total.